The molecule has 0 saturated heterocycles. The lowest BCUT2D eigenvalue weighted by Gasteiger charge is -2.09. The van der Waals surface area contributed by atoms with E-state index in [1.165, 1.54) is 11.1 Å². The second-order valence-corrected chi connectivity index (χ2v) is 7.01. The van der Waals surface area contributed by atoms with Crippen molar-refractivity contribution in [1.82, 2.24) is 10.6 Å². The predicted molar refractivity (Wildman–Crippen MR) is 89.2 cm³/mol. The third-order valence-corrected chi connectivity index (χ3v) is 4.10. The van der Waals surface area contributed by atoms with E-state index >= 15 is 0 Å². The van der Waals surface area contributed by atoms with Crippen molar-refractivity contribution in [1.29, 1.82) is 0 Å². The summed E-state index contributed by atoms with van der Waals surface area (Å²) in [6.45, 7) is 5.53. The minimum Gasteiger partial charge on any atom is -0.338 e. The van der Waals surface area contributed by atoms with E-state index in [0.717, 1.165) is 12.8 Å². The zero-order valence-electron chi connectivity index (χ0n) is 13.1. The fourth-order valence-electron chi connectivity index (χ4n) is 1.93. The van der Waals surface area contributed by atoms with E-state index in [1.807, 2.05) is 0 Å². The van der Waals surface area contributed by atoms with Gasteiger partial charge in [-0.25, -0.2) is 4.79 Å². The van der Waals surface area contributed by atoms with Crippen LogP contribution in [0.2, 0.25) is 0 Å². The van der Waals surface area contributed by atoms with Gasteiger partial charge in [0.25, 0.3) is 0 Å². The third-order valence-electron chi connectivity index (χ3n) is 3.24. The first-order valence-corrected chi connectivity index (χ1v) is 9.12. The normalized spacial score (nSPS) is 12.2. The molecule has 21 heavy (non-hydrogen) atoms. The van der Waals surface area contributed by atoms with Crippen LogP contribution in [0, 0.1) is 0 Å². The minimum atomic E-state index is -0.788. The van der Waals surface area contributed by atoms with Crippen LogP contribution in [0.25, 0.3) is 0 Å². The van der Waals surface area contributed by atoms with Gasteiger partial charge in [-0.3, -0.25) is 4.21 Å². The number of carbonyl (C=O) groups excluding carboxylic acids is 1. The second kappa shape index (κ2) is 9.55. The second-order valence-electron chi connectivity index (χ2n) is 5.46. The van der Waals surface area contributed by atoms with Gasteiger partial charge in [0, 0.05) is 35.9 Å². The van der Waals surface area contributed by atoms with E-state index < -0.39 is 10.8 Å². The van der Waals surface area contributed by atoms with Gasteiger partial charge in [0.15, 0.2) is 0 Å². The molecular weight excluding hydrogens is 284 g/mol. The Labute approximate surface area is 130 Å². The first-order valence-electron chi connectivity index (χ1n) is 7.39. The summed E-state index contributed by atoms with van der Waals surface area (Å²) in [6.07, 6.45) is 3.24. The van der Waals surface area contributed by atoms with E-state index in [0.29, 0.717) is 24.8 Å². The van der Waals surface area contributed by atoms with Crippen LogP contribution in [-0.4, -0.2) is 35.3 Å². The van der Waals surface area contributed by atoms with Gasteiger partial charge in [-0.15, -0.1) is 0 Å². The molecule has 1 unspecified atom stereocenters. The molecule has 1 aromatic rings. The first kappa shape index (κ1) is 17.7. The van der Waals surface area contributed by atoms with E-state index in [1.54, 1.807) is 6.26 Å². The van der Waals surface area contributed by atoms with Gasteiger partial charge >= 0.3 is 6.03 Å². The van der Waals surface area contributed by atoms with Crippen molar-refractivity contribution in [3.63, 3.8) is 0 Å². The molecule has 0 aliphatic rings. The molecule has 1 atom stereocenters. The number of urea groups is 1. The molecule has 0 aliphatic carbocycles. The summed E-state index contributed by atoms with van der Waals surface area (Å²) in [6, 6.07) is 8.36. The Balaban J connectivity index is 2.17. The van der Waals surface area contributed by atoms with Crippen molar-refractivity contribution < 1.29 is 9.00 Å². The summed E-state index contributed by atoms with van der Waals surface area (Å²) in [7, 11) is -0.788. The maximum atomic E-state index is 11.5. The Morgan fingerprint density at radius 1 is 1.14 bits per heavy atom. The molecule has 0 bridgehead atoms. The van der Waals surface area contributed by atoms with Crippen molar-refractivity contribution in [2.75, 3.05) is 25.1 Å². The van der Waals surface area contributed by atoms with Gasteiger partial charge in [-0.1, -0.05) is 38.1 Å². The quantitative estimate of drug-likeness (QED) is 0.725. The maximum Gasteiger partial charge on any atom is 0.314 e. The molecule has 2 amide bonds. The molecule has 0 heterocycles. The third kappa shape index (κ3) is 7.85. The monoisotopic (exact) mass is 310 g/mol. The summed E-state index contributed by atoms with van der Waals surface area (Å²) in [5.74, 6) is 1.17. The van der Waals surface area contributed by atoms with Crippen molar-refractivity contribution in [3.8, 4) is 0 Å². The molecule has 4 nitrogen and oxygen atoms in total. The van der Waals surface area contributed by atoms with E-state index in [4.69, 9.17) is 0 Å². The highest BCUT2D eigenvalue weighted by Crippen LogP contribution is 2.14. The number of amides is 2. The number of hydrogen-bond acceptors (Lipinski definition) is 2. The molecule has 2 N–H and O–H groups in total. The standard InChI is InChI=1S/C16H26N2O2S/c1-13(2)15-7-5-14(6-8-15)9-11-18-16(19)17-10-4-12-21(3)20/h5-8,13H,4,9-12H2,1-3H3,(H2,17,18,19). The van der Waals surface area contributed by atoms with E-state index in [9.17, 15) is 9.00 Å². The Kier molecular flexibility index (Phi) is 8.05. The number of benzene rings is 1. The average Bonchev–Trinajstić information content (AvgIpc) is 2.44. The molecule has 1 aromatic carbocycles. The summed E-state index contributed by atoms with van der Waals surface area (Å²) in [5.41, 5.74) is 2.55. The van der Waals surface area contributed by atoms with Gasteiger partial charge in [-0.05, 0) is 29.9 Å². The van der Waals surface area contributed by atoms with Crippen LogP contribution in [0.15, 0.2) is 24.3 Å². The van der Waals surface area contributed by atoms with Crippen LogP contribution in [0.5, 0.6) is 0 Å². The Morgan fingerprint density at radius 3 is 2.33 bits per heavy atom. The summed E-state index contributed by atoms with van der Waals surface area (Å²) in [4.78, 5) is 11.5. The number of rotatable bonds is 8. The lowest BCUT2D eigenvalue weighted by Crippen LogP contribution is -2.37. The van der Waals surface area contributed by atoms with Gasteiger partial charge in [0.2, 0.25) is 0 Å². The summed E-state index contributed by atoms with van der Waals surface area (Å²) in [5, 5.41) is 5.59. The van der Waals surface area contributed by atoms with Crippen LogP contribution in [0.3, 0.4) is 0 Å². The number of hydrogen-bond donors (Lipinski definition) is 2. The Hall–Kier alpha value is -1.36. The molecule has 0 aromatic heterocycles. The molecular formula is C16H26N2O2S. The largest absolute Gasteiger partial charge is 0.338 e. The van der Waals surface area contributed by atoms with Gasteiger partial charge in [0.1, 0.15) is 0 Å². The first-order chi connectivity index (χ1) is 9.99. The van der Waals surface area contributed by atoms with E-state index in [2.05, 4.69) is 48.7 Å². The SMILES string of the molecule is CC(C)c1ccc(CCNC(=O)NCCCS(C)=O)cc1. The van der Waals surface area contributed by atoms with Crippen molar-refractivity contribution in [2.24, 2.45) is 0 Å². The predicted octanol–water partition coefficient (Wildman–Crippen LogP) is 2.42. The fourth-order valence-corrected chi connectivity index (χ4v) is 2.48. The lowest BCUT2D eigenvalue weighted by atomic mass is 10.0. The maximum absolute atomic E-state index is 11.5. The zero-order valence-corrected chi connectivity index (χ0v) is 14.0. The number of nitrogens with one attached hydrogen (secondary N) is 2. The van der Waals surface area contributed by atoms with Crippen LogP contribution >= 0.6 is 0 Å². The molecule has 5 heteroatoms. The number of carbonyl (C=O) groups is 1. The van der Waals surface area contributed by atoms with Crippen LogP contribution < -0.4 is 10.6 Å². The molecule has 0 fully saturated rings. The average molecular weight is 310 g/mol. The summed E-state index contributed by atoms with van der Waals surface area (Å²) >= 11 is 0. The van der Waals surface area contributed by atoms with Crippen LogP contribution in [-0.2, 0) is 17.2 Å². The van der Waals surface area contributed by atoms with Crippen molar-refractivity contribution >= 4 is 16.8 Å². The highest BCUT2D eigenvalue weighted by atomic mass is 32.2. The molecule has 1 rings (SSSR count). The molecule has 0 spiro atoms. The molecule has 0 saturated carbocycles. The molecule has 118 valence electrons. The van der Waals surface area contributed by atoms with Crippen molar-refractivity contribution in [3.05, 3.63) is 35.4 Å². The van der Waals surface area contributed by atoms with E-state index in [-0.39, 0.29) is 6.03 Å². The fraction of sp³-hybridized carbons (Fsp3) is 0.562. The Bertz CT molecular complexity index is 458. The minimum absolute atomic E-state index is 0.157. The highest BCUT2D eigenvalue weighted by molar-refractivity contribution is 7.84. The highest BCUT2D eigenvalue weighted by Gasteiger charge is 2.01. The zero-order chi connectivity index (χ0) is 15.7. The van der Waals surface area contributed by atoms with Crippen LogP contribution in [0.4, 0.5) is 4.79 Å². The topological polar surface area (TPSA) is 58.2 Å². The molecule has 0 aliphatic heterocycles. The van der Waals surface area contributed by atoms with Gasteiger partial charge in [-0.2, -0.15) is 0 Å². The smallest absolute Gasteiger partial charge is 0.314 e. The molecule has 0 radical (unpaired) electrons. The van der Waals surface area contributed by atoms with Crippen LogP contribution in [0.1, 0.15) is 37.3 Å². The van der Waals surface area contributed by atoms with Gasteiger partial charge in [0.05, 0.1) is 0 Å². The summed E-state index contributed by atoms with van der Waals surface area (Å²) < 4.78 is 10.9. The lowest BCUT2D eigenvalue weighted by molar-refractivity contribution is 0.241. The Morgan fingerprint density at radius 2 is 1.76 bits per heavy atom. The van der Waals surface area contributed by atoms with Gasteiger partial charge < -0.3 is 10.6 Å². The van der Waals surface area contributed by atoms with Crippen molar-refractivity contribution in [2.45, 2.75) is 32.6 Å².